The zero-order chi connectivity index (χ0) is 14.5. The van der Waals surface area contributed by atoms with E-state index in [-0.39, 0.29) is 5.56 Å². The minimum absolute atomic E-state index is 0.243. The molecular formula is C16H23NO3. The molecule has 0 radical (unpaired) electrons. The number of nitrogens with zero attached hydrogens (tertiary/aromatic N) is 1. The summed E-state index contributed by atoms with van der Waals surface area (Å²) >= 11 is 0. The average molecular weight is 277 g/mol. The third kappa shape index (κ3) is 3.73. The predicted molar refractivity (Wildman–Crippen MR) is 78.5 cm³/mol. The number of carbonyl (C=O) groups is 1. The third-order valence-corrected chi connectivity index (χ3v) is 4.00. The van der Waals surface area contributed by atoms with Crippen molar-refractivity contribution in [1.29, 1.82) is 0 Å². The molecule has 0 aliphatic carbocycles. The molecule has 0 spiro atoms. The first-order chi connectivity index (χ1) is 9.58. The van der Waals surface area contributed by atoms with Gasteiger partial charge in [-0.05, 0) is 57.5 Å². The first-order valence-electron chi connectivity index (χ1n) is 7.25. The van der Waals surface area contributed by atoms with Crippen LogP contribution < -0.4 is 4.74 Å². The van der Waals surface area contributed by atoms with Crippen LogP contribution in [0.1, 0.15) is 41.6 Å². The highest BCUT2D eigenvalue weighted by molar-refractivity contribution is 5.90. The quantitative estimate of drug-likeness (QED) is 0.899. The molecule has 0 aromatic heterocycles. The summed E-state index contributed by atoms with van der Waals surface area (Å²) < 4.78 is 5.72. The maximum atomic E-state index is 11.2. The van der Waals surface area contributed by atoms with E-state index < -0.39 is 5.97 Å². The highest BCUT2D eigenvalue weighted by Gasteiger charge is 2.19. The number of ether oxygens (including phenoxy) is 1. The molecule has 4 nitrogen and oxygen atoms in total. The standard InChI is InChI=1S/C16H23NO3/c1-12-6-7-14(16(18)19)15(11-12)20-10-8-13-5-3-4-9-17(13)2/h6-7,11,13H,3-5,8-10H2,1-2H3,(H,18,19). The largest absolute Gasteiger partial charge is 0.493 e. The van der Waals surface area contributed by atoms with Gasteiger partial charge < -0.3 is 14.7 Å². The summed E-state index contributed by atoms with van der Waals surface area (Å²) in [5, 5.41) is 9.16. The summed E-state index contributed by atoms with van der Waals surface area (Å²) in [4.78, 5) is 13.5. The van der Waals surface area contributed by atoms with Crippen molar-refractivity contribution in [2.45, 2.75) is 38.6 Å². The number of carboxylic acids is 1. The average Bonchev–Trinajstić information content (AvgIpc) is 2.41. The molecule has 0 amide bonds. The van der Waals surface area contributed by atoms with E-state index in [4.69, 9.17) is 9.84 Å². The fourth-order valence-electron chi connectivity index (χ4n) is 2.74. The van der Waals surface area contributed by atoms with Gasteiger partial charge in [-0.2, -0.15) is 0 Å². The zero-order valence-electron chi connectivity index (χ0n) is 12.3. The second kappa shape index (κ2) is 6.75. The normalized spacial score (nSPS) is 19.8. The van der Waals surface area contributed by atoms with Crippen molar-refractivity contribution in [3.8, 4) is 5.75 Å². The van der Waals surface area contributed by atoms with Crippen LogP contribution in [0.3, 0.4) is 0 Å². The molecule has 1 saturated heterocycles. The Morgan fingerprint density at radius 1 is 1.45 bits per heavy atom. The van der Waals surface area contributed by atoms with Gasteiger partial charge in [-0.3, -0.25) is 0 Å². The van der Waals surface area contributed by atoms with Crippen LogP contribution in [-0.2, 0) is 0 Å². The van der Waals surface area contributed by atoms with E-state index in [9.17, 15) is 4.79 Å². The molecule has 0 saturated carbocycles. The number of likely N-dealkylation sites (tertiary alicyclic amines) is 1. The summed E-state index contributed by atoms with van der Waals surface area (Å²) in [5.41, 5.74) is 1.26. The van der Waals surface area contributed by atoms with Crippen molar-refractivity contribution in [1.82, 2.24) is 4.90 Å². The van der Waals surface area contributed by atoms with Crippen LogP contribution in [-0.4, -0.2) is 42.2 Å². The van der Waals surface area contributed by atoms with Crippen LogP contribution in [0.25, 0.3) is 0 Å². The molecule has 2 rings (SSSR count). The second-order valence-corrected chi connectivity index (χ2v) is 5.57. The number of hydrogen-bond donors (Lipinski definition) is 1. The second-order valence-electron chi connectivity index (χ2n) is 5.57. The number of piperidine rings is 1. The summed E-state index contributed by atoms with van der Waals surface area (Å²) in [6, 6.07) is 5.76. The molecule has 1 aliphatic heterocycles. The van der Waals surface area contributed by atoms with Crippen molar-refractivity contribution in [2.24, 2.45) is 0 Å². The lowest BCUT2D eigenvalue weighted by molar-refractivity contribution is 0.0691. The van der Waals surface area contributed by atoms with Crippen molar-refractivity contribution < 1.29 is 14.6 Å². The van der Waals surface area contributed by atoms with E-state index in [1.807, 2.05) is 6.92 Å². The van der Waals surface area contributed by atoms with Gasteiger partial charge in [0.25, 0.3) is 0 Å². The molecule has 1 N–H and O–H groups in total. The first-order valence-corrected chi connectivity index (χ1v) is 7.25. The Morgan fingerprint density at radius 3 is 2.95 bits per heavy atom. The number of carboxylic acid groups (broad SMARTS) is 1. The van der Waals surface area contributed by atoms with Gasteiger partial charge in [0.15, 0.2) is 0 Å². The Balaban J connectivity index is 1.93. The number of aryl methyl sites for hydroxylation is 1. The minimum Gasteiger partial charge on any atom is -0.493 e. The van der Waals surface area contributed by atoms with Crippen molar-refractivity contribution >= 4 is 5.97 Å². The molecule has 1 aromatic rings. The lowest BCUT2D eigenvalue weighted by atomic mass is 10.0. The molecule has 110 valence electrons. The Kier molecular flexibility index (Phi) is 5.01. The monoisotopic (exact) mass is 277 g/mol. The van der Waals surface area contributed by atoms with Crippen LogP contribution in [0, 0.1) is 6.92 Å². The maximum Gasteiger partial charge on any atom is 0.339 e. The van der Waals surface area contributed by atoms with Crippen molar-refractivity contribution in [2.75, 3.05) is 20.2 Å². The molecule has 20 heavy (non-hydrogen) atoms. The molecule has 1 aromatic carbocycles. The number of benzene rings is 1. The summed E-state index contributed by atoms with van der Waals surface area (Å²) in [6.07, 6.45) is 4.71. The van der Waals surface area contributed by atoms with Crippen LogP contribution in [0.2, 0.25) is 0 Å². The van der Waals surface area contributed by atoms with Crippen molar-refractivity contribution in [3.63, 3.8) is 0 Å². The smallest absolute Gasteiger partial charge is 0.339 e. The fraction of sp³-hybridized carbons (Fsp3) is 0.562. The van der Waals surface area contributed by atoms with Crippen LogP contribution in [0.4, 0.5) is 0 Å². The Hall–Kier alpha value is -1.55. The molecule has 1 atom stereocenters. The topological polar surface area (TPSA) is 49.8 Å². The highest BCUT2D eigenvalue weighted by Crippen LogP contribution is 2.22. The molecule has 1 aliphatic rings. The minimum atomic E-state index is -0.935. The summed E-state index contributed by atoms with van der Waals surface area (Å²) in [7, 11) is 2.15. The van der Waals surface area contributed by atoms with Crippen LogP contribution in [0.15, 0.2) is 18.2 Å². The van der Waals surface area contributed by atoms with E-state index >= 15 is 0 Å². The van der Waals surface area contributed by atoms with E-state index in [2.05, 4.69) is 11.9 Å². The lowest BCUT2D eigenvalue weighted by Gasteiger charge is -2.32. The van der Waals surface area contributed by atoms with Gasteiger partial charge in [-0.1, -0.05) is 12.5 Å². The predicted octanol–water partition coefficient (Wildman–Crippen LogP) is 2.95. The molecule has 1 unspecified atom stereocenters. The molecular weight excluding hydrogens is 254 g/mol. The maximum absolute atomic E-state index is 11.2. The zero-order valence-corrected chi connectivity index (χ0v) is 12.3. The Morgan fingerprint density at radius 2 is 2.25 bits per heavy atom. The number of aromatic carboxylic acids is 1. The van der Waals surface area contributed by atoms with Crippen molar-refractivity contribution in [3.05, 3.63) is 29.3 Å². The lowest BCUT2D eigenvalue weighted by Crippen LogP contribution is -2.37. The van der Waals surface area contributed by atoms with Gasteiger partial charge in [0.05, 0.1) is 6.61 Å². The van der Waals surface area contributed by atoms with E-state index in [0.717, 1.165) is 18.5 Å². The Labute approximate surface area is 120 Å². The van der Waals surface area contributed by atoms with E-state index in [1.165, 1.54) is 19.3 Å². The van der Waals surface area contributed by atoms with E-state index in [0.29, 0.717) is 18.4 Å². The summed E-state index contributed by atoms with van der Waals surface area (Å²) in [6.45, 7) is 3.65. The van der Waals surface area contributed by atoms with Crippen LogP contribution in [0.5, 0.6) is 5.75 Å². The molecule has 1 heterocycles. The van der Waals surface area contributed by atoms with Gasteiger partial charge in [-0.15, -0.1) is 0 Å². The van der Waals surface area contributed by atoms with Gasteiger partial charge in [-0.25, -0.2) is 4.79 Å². The number of hydrogen-bond acceptors (Lipinski definition) is 3. The third-order valence-electron chi connectivity index (χ3n) is 4.00. The first kappa shape index (κ1) is 14.9. The van der Waals surface area contributed by atoms with Gasteiger partial charge in [0.2, 0.25) is 0 Å². The SMILES string of the molecule is Cc1ccc(C(=O)O)c(OCCC2CCCCN2C)c1. The highest BCUT2D eigenvalue weighted by atomic mass is 16.5. The Bertz CT molecular complexity index is 473. The molecule has 4 heteroatoms. The fourth-order valence-corrected chi connectivity index (χ4v) is 2.74. The summed E-state index contributed by atoms with van der Waals surface area (Å²) in [5.74, 6) is -0.453. The van der Waals surface area contributed by atoms with Crippen LogP contribution >= 0.6 is 0 Å². The molecule has 1 fully saturated rings. The van der Waals surface area contributed by atoms with Gasteiger partial charge in [0, 0.05) is 6.04 Å². The van der Waals surface area contributed by atoms with Gasteiger partial charge in [0.1, 0.15) is 11.3 Å². The van der Waals surface area contributed by atoms with Gasteiger partial charge >= 0.3 is 5.97 Å². The number of rotatable bonds is 5. The molecule has 0 bridgehead atoms. The van der Waals surface area contributed by atoms with E-state index in [1.54, 1.807) is 18.2 Å².